The minimum Gasteiger partial charge on any atom is -0.702 e. The van der Waals surface area contributed by atoms with Gasteiger partial charge in [-0.3, -0.25) is 19.2 Å². The van der Waals surface area contributed by atoms with Crippen LogP contribution in [0, 0.1) is 34.3 Å². The van der Waals surface area contributed by atoms with Crippen molar-refractivity contribution >= 4 is 31.9 Å². The molecule has 0 fully saturated rings. The Labute approximate surface area is 300 Å². The van der Waals surface area contributed by atoms with Gasteiger partial charge >= 0.3 is 29.6 Å². The van der Waals surface area contributed by atoms with Gasteiger partial charge in [0.15, 0.2) is 40.9 Å². The number of carbonyl (C=O) groups excluding carboxylic acids is 3. The van der Waals surface area contributed by atoms with Crippen LogP contribution in [-0.2, 0) is 30.3 Å². The number of aldehydes is 1. The average Bonchev–Trinajstić information content (AvgIpc) is 3.00. The number of nitrogens with zero attached hydrogens (tertiary/aromatic N) is 2. The number of carboxylic acids is 1. The number of aliphatic hydroxyl groups excluding tert-OH is 1. The quantitative estimate of drug-likeness (QED) is 0.236. The molecule has 48 heavy (non-hydrogen) atoms. The molecule has 0 spiro atoms. The van der Waals surface area contributed by atoms with Crippen LogP contribution < -0.4 is 48.5 Å². The number of carbonyl (C=O) groups is 4. The van der Waals surface area contributed by atoms with Crippen molar-refractivity contribution in [1.82, 2.24) is 0 Å². The number of hydrogen-bond donors (Lipinski definition) is 2. The fourth-order valence-electron chi connectivity index (χ4n) is 2.98. The smallest absolute Gasteiger partial charge is 0.702 e. The third kappa shape index (κ3) is 18.1. The number of benzene rings is 2. The molecule has 0 aromatic heterocycles. The van der Waals surface area contributed by atoms with Gasteiger partial charge in [0.05, 0.1) is 38.6 Å². The minimum absolute atomic E-state index is 0. The Kier molecular flexibility index (Phi) is 27.7. The zero-order valence-electron chi connectivity index (χ0n) is 28.0. The first-order valence-corrected chi connectivity index (χ1v) is 13.7. The maximum absolute atomic E-state index is 14.0. The van der Waals surface area contributed by atoms with Gasteiger partial charge in [-0.2, -0.15) is 10.5 Å². The number of halogens is 2. The van der Waals surface area contributed by atoms with E-state index in [0.29, 0.717) is 27.2 Å². The van der Waals surface area contributed by atoms with Gasteiger partial charge in [-0.25, -0.2) is 8.78 Å². The normalized spacial score (nSPS) is 8.92. The molecule has 0 heterocycles. The molecule has 14 nitrogen and oxygen atoms in total. The van der Waals surface area contributed by atoms with E-state index in [2.05, 4.69) is 9.31 Å². The van der Waals surface area contributed by atoms with Crippen molar-refractivity contribution in [3.63, 3.8) is 0 Å². The topological polar surface area (TPSA) is 212 Å². The second-order valence-electron chi connectivity index (χ2n) is 8.10. The molecular weight excluding hydrogens is 652 g/mol. The summed E-state index contributed by atoms with van der Waals surface area (Å²) >= 11 is 0. The summed E-state index contributed by atoms with van der Waals surface area (Å²) in [7, 11) is 0.699. The molecule has 2 N–H and O–H groups in total. The first kappa shape index (κ1) is 48.0. The molecule has 0 unspecified atom stereocenters. The van der Waals surface area contributed by atoms with Crippen LogP contribution in [0.1, 0.15) is 75.5 Å². The molecule has 256 valence electrons. The molecule has 0 aliphatic carbocycles. The van der Waals surface area contributed by atoms with E-state index in [4.69, 9.17) is 44.5 Å². The molecule has 2 aromatic carbocycles. The van der Waals surface area contributed by atoms with Gasteiger partial charge in [0.2, 0.25) is 0 Å². The zero-order chi connectivity index (χ0) is 36.5. The fourth-order valence-corrected chi connectivity index (χ4v) is 2.98. The fraction of sp³-hybridized carbons (Fsp3) is 0.400. The Morgan fingerprint density at radius 1 is 0.792 bits per heavy atom. The monoisotopic (exact) mass is 688 g/mol. The van der Waals surface area contributed by atoms with Crippen LogP contribution in [0.3, 0.4) is 0 Å². The van der Waals surface area contributed by atoms with E-state index < -0.39 is 36.1 Å². The number of rotatable bonds is 12. The number of hydrogen-bond acceptors (Lipinski definition) is 13. The molecule has 0 atom stereocenters. The van der Waals surface area contributed by atoms with E-state index in [-0.39, 0.29) is 88.0 Å². The summed E-state index contributed by atoms with van der Waals surface area (Å²) in [5.74, 6) is -3.39. The van der Waals surface area contributed by atoms with Crippen LogP contribution in [0.4, 0.5) is 8.78 Å². The molecule has 0 amide bonds. The average molecular weight is 688 g/mol. The maximum atomic E-state index is 14.0. The van der Waals surface area contributed by atoms with Crippen molar-refractivity contribution in [2.24, 2.45) is 0 Å². The van der Waals surface area contributed by atoms with E-state index in [0.717, 1.165) is 6.92 Å². The van der Waals surface area contributed by atoms with Gasteiger partial charge < -0.3 is 38.5 Å². The van der Waals surface area contributed by atoms with Crippen LogP contribution in [0.2, 0.25) is 0 Å². The summed E-state index contributed by atoms with van der Waals surface area (Å²) in [5, 5.41) is 34.1. The van der Waals surface area contributed by atoms with Crippen LogP contribution in [0.25, 0.3) is 0 Å². The molecule has 0 saturated carbocycles. The van der Waals surface area contributed by atoms with Crippen molar-refractivity contribution in [2.45, 2.75) is 55.1 Å². The molecule has 2 radical (unpaired) electrons. The first-order chi connectivity index (χ1) is 22.2. The summed E-state index contributed by atoms with van der Waals surface area (Å²) in [4.78, 5) is 39.7. The molecule has 0 bridgehead atoms. The van der Waals surface area contributed by atoms with Gasteiger partial charge in [0.1, 0.15) is 25.4 Å². The van der Waals surface area contributed by atoms with Crippen molar-refractivity contribution in [3.8, 4) is 35.1 Å². The summed E-state index contributed by atoms with van der Waals surface area (Å²) in [5.41, 5.74) is -0.389. The second kappa shape index (κ2) is 27.7. The minimum atomic E-state index is -0.859. The van der Waals surface area contributed by atoms with Gasteiger partial charge in [-0.15, -0.1) is 0 Å². The van der Waals surface area contributed by atoms with E-state index in [1.165, 1.54) is 26.0 Å². The van der Waals surface area contributed by atoms with Gasteiger partial charge in [0.25, 0.3) is 17.9 Å². The van der Waals surface area contributed by atoms with E-state index in [1.54, 1.807) is 39.8 Å². The van der Waals surface area contributed by atoms with Gasteiger partial charge in [0, 0.05) is 31.9 Å². The molecule has 2 aromatic rings. The van der Waals surface area contributed by atoms with E-state index in [1.807, 2.05) is 0 Å². The molecule has 0 aliphatic heterocycles. The Bertz CT molecular complexity index is 1410. The number of carboxylic acid groups (broad SMARTS) is 1. The molecule has 0 saturated heterocycles. The molecule has 0 aliphatic rings. The number of ether oxygens (including phenoxy) is 4. The first-order valence-electron chi connectivity index (χ1n) is 13.7. The number of aliphatic hydroxyl groups is 1. The Hall–Kier alpha value is -4.42. The predicted molar refractivity (Wildman–Crippen MR) is 161 cm³/mol. The third-order valence-electron chi connectivity index (χ3n) is 4.61. The van der Waals surface area contributed by atoms with E-state index >= 15 is 0 Å². The Morgan fingerprint density at radius 3 is 1.48 bits per heavy atom. The maximum Gasteiger partial charge on any atom is 1.00 e. The van der Waals surface area contributed by atoms with Crippen LogP contribution in [0.15, 0.2) is 12.1 Å². The summed E-state index contributed by atoms with van der Waals surface area (Å²) in [6, 6.07) is 6.09. The third-order valence-corrected chi connectivity index (χ3v) is 4.61. The molecular formula is C30H36BF2N2NaO12. The van der Waals surface area contributed by atoms with E-state index in [9.17, 15) is 23.2 Å². The standard InChI is InChI=1S/C12H14FNO3.C12H12FNO3.C4H6BO4.C2H4O2.Na/c2*1-3-16-10-5-8(7-15)9(6-14)11(13)12(10)17-4-2;1-3(6)8-5-9-4(2)7;1-2(3)4;/h5,15H,3-4,7H2,1-2H3;5,7H,3-4H2,1-2H3;1-2H3;1H3,(H,3,4);/q;;-1;;+1. The largest absolute Gasteiger partial charge is 1.00 e. The van der Waals surface area contributed by atoms with Crippen molar-refractivity contribution in [3.05, 3.63) is 46.0 Å². The summed E-state index contributed by atoms with van der Waals surface area (Å²) in [6.45, 7) is 11.1. The van der Waals surface area contributed by atoms with Crippen molar-refractivity contribution in [2.75, 3.05) is 26.4 Å². The van der Waals surface area contributed by atoms with Gasteiger partial charge in [-0.1, -0.05) is 0 Å². The predicted octanol–water partition coefficient (Wildman–Crippen LogP) is 1.04. The number of nitriles is 2. The van der Waals surface area contributed by atoms with Gasteiger partial charge in [-0.05, 0) is 39.8 Å². The molecule has 2 rings (SSSR count). The molecule has 18 heteroatoms. The summed E-state index contributed by atoms with van der Waals surface area (Å²) < 4.78 is 56.8. The zero-order valence-corrected chi connectivity index (χ0v) is 30.0. The van der Waals surface area contributed by atoms with Crippen LogP contribution in [0.5, 0.6) is 23.0 Å². The SMILES string of the molecule is CC(=O)O.CC(=O)O[B-]OC(C)=O.CCOc1cc(C=O)c(C#N)c(F)c1OCC.CCOc1cc(CO)c(C#N)c(F)c1OCC.[Na+]. The van der Waals surface area contributed by atoms with Crippen molar-refractivity contribution < 1.29 is 96.0 Å². The second-order valence-corrected chi connectivity index (χ2v) is 8.10. The Morgan fingerprint density at radius 2 is 1.17 bits per heavy atom. The van der Waals surface area contributed by atoms with Crippen LogP contribution >= 0.6 is 0 Å². The summed E-state index contributed by atoms with van der Waals surface area (Å²) in [6.07, 6.45) is 0.417. The van der Waals surface area contributed by atoms with Crippen LogP contribution in [-0.4, -0.2) is 68.5 Å². The van der Waals surface area contributed by atoms with Crippen molar-refractivity contribution in [1.29, 1.82) is 10.5 Å². The Balaban J connectivity index is -0.000000617. The number of aliphatic carboxylic acids is 1.